The van der Waals surface area contributed by atoms with Crippen LogP contribution in [0.15, 0.2) is 0 Å². The molecule has 2 N–H and O–H groups in total. The van der Waals surface area contributed by atoms with Crippen LogP contribution in [0, 0.1) is 13.8 Å². The summed E-state index contributed by atoms with van der Waals surface area (Å²) in [5.41, 5.74) is 1.38. The molecule has 0 bridgehead atoms. The summed E-state index contributed by atoms with van der Waals surface area (Å²) < 4.78 is 4.71. The summed E-state index contributed by atoms with van der Waals surface area (Å²) in [6.45, 7) is 4.05. The van der Waals surface area contributed by atoms with Gasteiger partial charge in [-0.15, -0.1) is 11.3 Å². The average molecular weight is 257 g/mol. The molecule has 6 heteroatoms. The smallest absolute Gasteiger partial charge is 0.341 e. The standard InChI is InChI=1S/C11H15NO4S/c1-6-7(2)17-10(9(6)11(15)16-3)12-5-4-8(13)14/h12H,4-5H2,1-3H3,(H,13,14). The largest absolute Gasteiger partial charge is 0.481 e. The number of nitrogens with one attached hydrogen (secondary N) is 1. The van der Waals surface area contributed by atoms with E-state index in [9.17, 15) is 9.59 Å². The lowest BCUT2D eigenvalue weighted by Crippen LogP contribution is -2.10. The van der Waals surface area contributed by atoms with Crippen LogP contribution in [0.25, 0.3) is 0 Å². The molecule has 0 saturated heterocycles. The minimum Gasteiger partial charge on any atom is -0.481 e. The Bertz CT molecular complexity index is 439. The summed E-state index contributed by atoms with van der Waals surface area (Å²) in [5, 5.41) is 12.2. The van der Waals surface area contributed by atoms with Gasteiger partial charge >= 0.3 is 11.9 Å². The van der Waals surface area contributed by atoms with Crippen molar-refractivity contribution in [3.05, 3.63) is 16.0 Å². The SMILES string of the molecule is COC(=O)c1c(NCCC(=O)O)sc(C)c1C. The van der Waals surface area contributed by atoms with Crippen LogP contribution in [0.3, 0.4) is 0 Å². The van der Waals surface area contributed by atoms with Crippen molar-refractivity contribution >= 4 is 28.3 Å². The van der Waals surface area contributed by atoms with E-state index < -0.39 is 11.9 Å². The van der Waals surface area contributed by atoms with Gasteiger partial charge < -0.3 is 15.2 Å². The summed E-state index contributed by atoms with van der Waals surface area (Å²) in [4.78, 5) is 23.0. The Morgan fingerprint density at radius 1 is 1.41 bits per heavy atom. The molecule has 0 aromatic carbocycles. The van der Waals surface area contributed by atoms with Gasteiger partial charge in [0.1, 0.15) is 5.00 Å². The first-order chi connectivity index (χ1) is 7.97. The molecule has 0 saturated carbocycles. The second-order valence-electron chi connectivity index (χ2n) is 3.55. The number of carbonyl (C=O) groups is 2. The van der Waals surface area contributed by atoms with Crippen LogP contribution < -0.4 is 5.32 Å². The summed E-state index contributed by atoms with van der Waals surface area (Å²) >= 11 is 1.43. The van der Waals surface area contributed by atoms with Crippen LogP contribution >= 0.6 is 11.3 Å². The Labute approximate surface area is 103 Å². The van der Waals surface area contributed by atoms with Crippen LogP contribution in [0.4, 0.5) is 5.00 Å². The molecule has 0 unspecified atom stereocenters. The van der Waals surface area contributed by atoms with E-state index in [1.165, 1.54) is 18.4 Å². The van der Waals surface area contributed by atoms with E-state index in [2.05, 4.69) is 5.32 Å². The second kappa shape index (κ2) is 5.67. The molecule has 0 spiro atoms. The first kappa shape index (κ1) is 13.5. The molecule has 1 rings (SSSR count). The Morgan fingerprint density at radius 2 is 2.06 bits per heavy atom. The van der Waals surface area contributed by atoms with Gasteiger partial charge in [-0.05, 0) is 19.4 Å². The Hall–Kier alpha value is -1.56. The lowest BCUT2D eigenvalue weighted by atomic mass is 10.1. The number of methoxy groups -OCH3 is 1. The number of hydrogen-bond donors (Lipinski definition) is 2. The number of hydrogen-bond acceptors (Lipinski definition) is 5. The topological polar surface area (TPSA) is 75.6 Å². The van der Waals surface area contributed by atoms with Crippen molar-refractivity contribution in [3.63, 3.8) is 0 Å². The number of ether oxygens (including phenoxy) is 1. The molecule has 0 aliphatic rings. The number of carbonyl (C=O) groups excluding carboxylic acids is 1. The van der Waals surface area contributed by atoms with Crippen LogP contribution in [0.2, 0.25) is 0 Å². The van der Waals surface area contributed by atoms with Gasteiger partial charge in [-0.2, -0.15) is 0 Å². The van der Waals surface area contributed by atoms with Gasteiger partial charge in [0, 0.05) is 11.4 Å². The monoisotopic (exact) mass is 257 g/mol. The third kappa shape index (κ3) is 3.20. The molecule has 1 aromatic heterocycles. The first-order valence-corrected chi connectivity index (χ1v) is 5.93. The second-order valence-corrected chi connectivity index (χ2v) is 4.77. The minimum absolute atomic E-state index is 0.0105. The van der Waals surface area contributed by atoms with E-state index in [0.717, 1.165) is 10.4 Å². The Morgan fingerprint density at radius 3 is 2.59 bits per heavy atom. The van der Waals surface area contributed by atoms with Crippen LogP contribution in [-0.2, 0) is 9.53 Å². The molecule has 0 radical (unpaired) electrons. The van der Waals surface area contributed by atoms with Crippen LogP contribution in [0.5, 0.6) is 0 Å². The van der Waals surface area contributed by atoms with Gasteiger partial charge in [0.05, 0.1) is 19.1 Å². The predicted octanol–water partition coefficient (Wildman–Crippen LogP) is 2.04. The third-order valence-electron chi connectivity index (χ3n) is 2.40. The molecule has 0 amide bonds. The van der Waals surface area contributed by atoms with Crippen molar-refractivity contribution < 1.29 is 19.4 Å². The number of anilines is 1. The van der Waals surface area contributed by atoms with E-state index >= 15 is 0 Å². The minimum atomic E-state index is -0.873. The third-order valence-corrected chi connectivity index (χ3v) is 3.56. The summed E-state index contributed by atoms with van der Waals surface area (Å²) in [6.07, 6.45) is 0.0105. The summed E-state index contributed by atoms with van der Waals surface area (Å²) in [7, 11) is 1.33. The molecular formula is C11H15NO4S. The van der Waals surface area contributed by atoms with Crippen molar-refractivity contribution in [2.75, 3.05) is 19.0 Å². The van der Waals surface area contributed by atoms with Gasteiger partial charge in [-0.3, -0.25) is 4.79 Å². The number of aryl methyl sites for hydroxylation is 1. The van der Waals surface area contributed by atoms with Crippen molar-refractivity contribution in [3.8, 4) is 0 Å². The van der Waals surface area contributed by atoms with Crippen molar-refractivity contribution in [1.29, 1.82) is 0 Å². The fraction of sp³-hybridized carbons (Fsp3) is 0.455. The zero-order chi connectivity index (χ0) is 13.0. The first-order valence-electron chi connectivity index (χ1n) is 5.11. The summed E-state index contributed by atoms with van der Waals surface area (Å²) in [5.74, 6) is -1.27. The maximum absolute atomic E-state index is 11.6. The lowest BCUT2D eigenvalue weighted by Gasteiger charge is -2.05. The molecule has 94 valence electrons. The fourth-order valence-corrected chi connectivity index (χ4v) is 2.46. The van der Waals surface area contributed by atoms with Gasteiger partial charge in [0.15, 0.2) is 0 Å². The zero-order valence-electron chi connectivity index (χ0n) is 9.99. The zero-order valence-corrected chi connectivity index (χ0v) is 10.8. The molecule has 0 aliphatic carbocycles. The maximum atomic E-state index is 11.6. The number of carboxylic acids is 1. The van der Waals surface area contributed by atoms with Gasteiger partial charge in [-0.1, -0.05) is 0 Å². The number of carboxylic acid groups (broad SMARTS) is 1. The van der Waals surface area contributed by atoms with Crippen LogP contribution in [0.1, 0.15) is 27.2 Å². The summed E-state index contributed by atoms with van der Waals surface area (Å²) in [6, 6.07) is 0. The molecule has 17 heavy (non-hydrogen) atoms. The highest BCUT2D eigenvalue weighted by Crippen LogP contribution is 2.32. The fourth-order valence-electron chi connectivity index (χ4n) is 1.38. The quantitative estimate of drug-likeness (QED) is 0.789. The van der Waals surface area contributed by atoms with Crippen LogP contribution in [-0.4, -0.2) is 30.7 Å². The Kier molecular flexibility index (Phi) is 4.51. The number of esters is 1. The van der Waals surface area contributed by atoms with E-state index in [1.54, 1.807) is 0 Å². The molecule has 0 atom stereocenters. The Balaban J connectivity index is 2.87. The van der Waals surface area contributed by atoms with Gasteiger partial charge in [0.2, 0.25) is 0 Å². The van der Waals surface area contributed by atoms with E-state index in [1.807, 2.05) is 13.8 Å². The lowest BCUT2D eigenvalue weighted by molar-refractivity contribution is -0.136. The number of aliphatic carboxylic acids is 1. The maximum Gasteiger partial charge on any atom is 0.341 e. The van der Waals surface area contributed by atoms with Crippen molar-refractivity contribution in [2.45, 2.75) is 20.3 Å². The molecule has 0 aliphatic heterocycles. The molecule has 1 aromatic rings. The molecule has 1 heterocycles. The number of rotatable bonds is 5. The normalized spacial score (nSPS) is 10.1. The van der Waals surface area contributed by atoms with E-state index in [4.69, 9.17) is 9.84 Å². The van der Waals surface area contributed by atoms with E-state index in [0.29, 0.717) is 17.1 Å². The van der Waals surface area contributed by atoms with E-state index in [-0.39, 0.29) is 6.42 Å². The molecular weight excluding hydrogens is 242 g/mol. The average Bonchev–Trinajstić information content (AvgIpc) is 2.54. The van der Waals surface area contributed by atoms with Gasteiger partial charge in [0.25, 0.3) is 0 Å². The van der Waals surface area contributed by atoms with Gasteiger partial charge in [-0.25, -0.2) is 4.79 Å². The highest BCUT2D eigenvalue weighted by molar-refractivity contribution is 7.16. The molecule has 0 fully saturated rings. The van der Waals surface area contributed by atoms with Crippen molar-refractivity contribution in [2.24, 2.45) is 0 Å². The number of thiophene rings is 1. The predicted molar refractivity (Wildman–Crippen MR) is 65.9 cm³/mol. The van der Waals surface area contributed by atoms with Crippen molar-refractivity contribution in [1.82, 2.24) is 0 Å². The highest BCUT2D eigenvalue weighted by Gasteiger charge is 2.19. The molecule has 5 nitrogen and oxygen atoms in total. The highest BCUT2D eigenvalue weighted by atomic mass is 32.1.